The fraction of sp³-hybridized carbons (Fsp3) is 0.0526. The standard InChI is InChI=1S/C19H13Cl2N5O4S/c1-30-19-15(10-13(20)18(21)24-19)26(16-3-2-8-22-25-16)31(28,29)12-5-6-14-11(9-12)4-7-17(27)23-14/h2-10H,1H3,(H,23,27). The van der Waals surface area contributed by atoms with Gasteiger partial charge in [0.1, 0.15) is 5.69 Å². The van der Waals surface area contributed by atoms with Crippen molar-refractivity contribution in [3.05, 3.63) is 75.3 Å². The molecule has 0 aliphatic rings. The number of hydrogen-bond donors (Lipinski definition) is 1. The zero-order valence-corrected chi connectivity index (χ0v) is 18.1. The third-order valence-corrected chi connectivity index (χ3v) is 6.68. The van der Waals surface area contributed by atoms with Crippen LogP contribution in [-0.2, 0) is 10.0 Å². The van der Waals surface area contributed by atoms with Gasteiger partial charge in [-0.05, 0) is 47.9 Å². The molecule has 0 spiro atoms. The van der Waals surface area contributed by atoms with Gasteiger partial charge in [-0.15, -0.1) is 5.10 Å². The first-order chi connectivity index (χ1) is 14.8. The number of ether oxygens (including phenoxy) is 1. The van der Waals surface area contributed by atoms with E-state index >= 15 is 0 Å². The van der Waals surface area contributed by atoms with Crippen molar-refractivity contribution in [3.63, 3.8) is 0 Å². The predicted molar refractivity (Wildman–Crippen MR) is 117 cm³/mol. The fourth-order valence-corrected chi connectivity index (χ4v) is 4.65. The lowest BCUT2D eigenvalue weighted by Gasteiger charge is -2.24. The highest BCUT2D eigenvalue weighted by Crippen LogP contribution is 2.40. The van der Waals surface area contributed by atoms with E-state index in [2.05, 4.69) is 20.2 Å². The first-order valence-electron chi connectivity index (χ1n) is 8.67. The highest BCUT2D eigenvalue weighted by molar-refractivity contribution is 7.93. The predicted octanol–water partition coefficient (Wildman–Crippen LogP) is 3.56. The average Bonchev–Trinajstić information content (AvgIpc) is 2.76. The van der Waals surface area contributed by atoms with Crippen LogP contribution >= 0.6 is 23.2 Å². The second kappa shape index (κ2) is 8.14. The lowest BCUT2D eigenvalue weighted by Crippen LogP contribution is -2.28. The summed E-state index contributed by atoms with van der Waals surface area (Å²) in [7, 11) is -2.93. The van der Waals surface area contributed by atoms with Crippen LogP contribution in [0.25, 0.3) is 10.9 Å². The van der Waals surface area contributed by atoms with Crippen LogP contribution in [0.5, 0.6) is 5.88 Å². The number of benzene rings is 1. The summed E-state index contributed by atoms with van der Waals surface area (Å²) in [6, 6.07) is 11.5. The highest BCUT2D eigenvalue weighted by atomic mass is 35.5. The zero-order valence-electron chi connectivity index (χ0n) is 15.8. The van der Waals surface area contributed by atoms with Crippen LogP contribution in [0.15, 0.2) is 64.4 Å². The van der Waals surface area contributed by atoms with Gasteiger partial charge in [-0.2, -0.15) is 10.1 Å². The lowest BCUT2D eigenvalue weighted by molar-refractivity contribution is 0.399. The molecule has 0 saturated heterocycles. The van der Waals surface area contributed by atoms with E-state index in [1.165, 1.54) is 61.8 Å². The Kier molecular flexibility index (Phi) is 5.52. The van der Waals surface area contributed by atoms with Crippen LogP contribution < -0.4 is 14.6 Å². The van der Waals surface area contributed by atoms with Gasteiger partial charge in [-0.25, -0.2) is 12.7 Å². The molecule has 3 aromatic heterocycles. The average molecular weight is 478 g/mol. The van der Waals surface area contributed by atoms with E-state index in [9.17, 15) is 13.2 Å². The van der Waals surface area contributed by atoms with Crippen LogP contribution in [-0.4, -0.2) is 35.7 Å². The van der Waals surface area contributed by atoms with Crippen molar-refractivity contribution in [3.8, 4) is 5.88 Å². The topological polar surface area (TPSA) is 118 Å². The summed E-state index contributed by atoms with van der Waals surface area (Å²) in [6.07, 6.45) is 1.41. The Bertz CT molecular complexity index is 1450. The molecule has 31 heavy (non-hydrogen) atoms. The summed E-state index contributed by atoms with van der Waals surface area (Å²) < 4.78 is 33.6. The number of sulfonamides is 1. The Morgan fingerprint density at radius 1 is 1.10 bits per heavy atom. The summed E-state index contributed by atoms with van der Waals surface area (Å²) in [5.41, 5.74) is 0.196. The Morgan fingerprint density at radius 2 is 1.90 bits per heavy atom. The van der Waals surface area contributed by atoms with Gasteiger partial charge in [0.2, 0.25) is 11.4 Å². The van der Waals surface area contributed by atoms with Crippen molar-refractivity contribution in [2.24, 2.45) is 0 Å². The summed E-state index contributed by atoms with van der Waals surface area (Å²) in [5.74, 6) is -0.0868. The van der Waals surface area contributed by atoms with Gasteiger partial charge in [0, 0.05) is 17.8 Å². The van der Waals surface area contributed by atoms with Gasteiger partial charge in [0.25, 0.3) is 10.0 Å². The van der Waals surface area contributed by atoms with Crippen LogP contribution in [0.4, 0.5) is 11.5 Å². The molecule has 0 atom stereocenters. The van der Waals surface area contributed by atoms with Gasteiger partial charge in [-0.1, -0.05) is 23.2 Å². The second-order valence-corrected chi connectivity index (χ2v) is 8.76. The SMILES string of the molecule is COc1nc(Cl)c(Cl)cc1N(c1cccnn1)S(=O)(=O)c1ccc2[nH]c(=O)ccc2c1. The van der Waals surface area contributed by atoms with Crippen molar-refractivity contribution in [2.75, 3.05) is 11.4 Å². The molecule has 12 heteroatoms. The van der Waals surface area contributed by atoms with Crippen molar-refractivity contribution >= 4 is 55.6 Å². The second-order valence-electron chi connectivity index (χ2n) is 6.21. The highest BCUT2D eigenvalue weighted by Gasteiger charge is 2.32. The Labute approximate surface area is 186 Å². The molecule has 9 nitrogen and oxygen atoms in total. The third kappa shape index (κ3) is 3.92. The number of rotatable bonds is 5. The Balaban J connectivity index is 1.97. The smallest absolute Gasteiger partial charge is 0.270 e. The van der Waals surface area contributed by atoms with Crippen LogP contribution in [0, 0.1) is 0 Å². The van der Waals surface area contributed by atoms with Gasteiger partial charge < -0.3 is 9.72 Å². The van der Waals surface area contributed by atoms with E-state index in [1.807, 2.05) is 0 Å². The molecule has 0 aliphatic heterocycles. The Morgan fingerprint density at radius 3 is 2.61 bits per heavy atom. The maximum Gasteiger partial charge on any atom is 0.270 e. The number of aromatic amines is 1. The number of methoxy groups -OCH3 is 1. The van der Waals surface area contributed by atoms with Gasteiger partial charge in [-0.3, -0.25) is 4.79 Å². The first-order valence-corrected chi connectivity index (χ1v) is 10.9. The van der Waals surface area contributed by atoms with E-state index in [4.69, 9.17) is 27.9 Å². The fourth-order valence-electron chi connectivity index (χ4n) is 2.91. The number of nitrogens with one attached hydrogen (secondary N) is 1. The first kappa shape index (κ1) is 21.0. The molecule has 4 rings (SSSR count). The quantitative estimate of drug-likeness (QED) is 0.436. The minimum Gasteiger partial charge on any atom is -0.479 e. The number of nitrogens with zero attached hydrogens (tertiary/aromatic N) is 4. The summed E-state index contributed by atoms with van der Waals surface area (Å²) >= 11 is 12.1. The molecule has 0 bridgehead atoms. The van der Waals surface area contributed by atoms with Crippen molar-refractivity contribution in [1.82, 2.24) is 20.2 Å². The molecule has 0 amide bonds. The maximum absolute atomic E-state index is 13.7. The largest absolute Gasteiger partial charge is 0.479 e. The molecule has 1 N–H and O–H groups in total. The number of aromatic nitrogens is 4. The summed E-state index contributed by atoms with van der Waals surface area (Å²) in [6.45, 7) is 0. The van der Waals surface area contributed by atoms with Gasteiger partial charge in [0.15, 0.2) is 11.0 Å². The molecule has 4 aromatic rings. The van der Waals surface area contributed by atoms with E-state index in [-0.39, 0.29) is 38.0 Å². The zero-order chi connectivity index (χ0) is 22.2. The number of fused-ring (bicyclic) bond motifs is 1. The van der Waals surface area contributed by atoms with Crippen molar-refractivity contribution < 1.29 is 13.2 Å². The van der Waals surface area contributed by atoms with E-state index in [1.54, 1.807) is 0 Å². The van der Waals surface area contributed by atoms with Crippen molar-refractivity contribution in [1.29, 1.82) is 0 Å². The van der Waals surface area contributed by atoms with E-state index in [0.717, 1.165) is 4.31 Å². The number of halogens is 2. The molecule has 0 unspecified atom stereocenters. The van der Waals surface area contributed by atoms with Crippen LogP contribution in [0.2, 0.25) is 10.2 Å². The molecule has 1 aromatic carbocycles. The molecular weight excluding hydrogens is 465 g/mol. The third-order valence-electron chi connectivity index (χ3n) is 4.29. The van der Waals surface area contributed by atoms with Crippen LogP contribution in [0.3, 0.4) is 0 Å². The summed E-state index contributed by atoms with van der Waals surface area (Å²) in [4.78, 5) is 18.1. The molecule has 158 valence electrons. The monoisotopic (exact) mass is 477 g/mol. The molecular formula is C19H13Cl2N5O4S. The molecule has 0 saturated carbocycles. The van der Waals surface area contributed by atoms with Gasteiger partial charge in [0.05, 0.1) is 17.0 Å². The Hall–Kier alpha value is -3.21. The molecule has 0 aliphatic carbocycles. The number of hydrogen-bond acceptors (Lipinski definition) is 7. The molecule has 0 radical (unpaired) electrons. The number of pyridine rings is 2. The van der Waals surface area contributed by atoms with E-state index in [0.29, 0.717) is 10.9 Å². The molecule has 3 heterocycles. The maximum atomic E-state index is 13.7. The molecule has 0 fully saturated rings. The van der Waals surface area contributed by atoms with E-state index < -0.39 is 10.0 Å². The number of anilines is 2. The number of H-pyrrole nitrogens is 1. The minimum absolute atomic E-state index is 0.000958. The minimum atomic E-state index is -4.25. The van der Waals surface area contributed by atoms with Crippen molar-refractivity contribution in [2.45, 2.75) is 4.90 Å². The normalized spacial score (nSPS) is 11.5. The summed E-state index contributed by atoms with van der Waals surface area (Å²) in [5, 5.41) is 8.22. The van der Waals surface area contributed by atoms with Gasteiger partial charge >= 0.3 is 0 Å². The lowest BCUT2D eigenvalue weighted by atomic mass is 10.2. The van der Waals surface area contributed by atoms with Crippen LogP contribution in [0.1, 0.15) is 0 Å².